The summed E-state index contributed by atoms with van der Waals surface area (Å²) in [7, 11) is 0. The maximum Gasteiger partial charge on any atom is 0.230 e. The first-order chi connectivity index (χ1) is 68.2. The second-order valence-corrected chi connectivity index (χ2v) is 47.2. The van der Waals surface area contributed by atoms with Crippen molar-refractivity contribution in [1.29, 1.82) is 0 Å². The van der Waals surface area contributed by atoms with Crippen molar-refractivity contribution in [2.24, 2.45) is 0 Å². The normalized spacial score (nSPS) is 17.1. The monoisotopic (exact) mass is 2090 g/mol. The summed E-state index contributed by atoms with van der Waals surface area (Å²) in [4.78, 5) is 130. The van der Waals surface area contributed by atoms with Crippen molar-refractivity contribution in [3.63, 3.8) is 0 Å². The summed E-state index contributed by atoms with van der Waals surface area (Å²) in [6.07, 6.45) is 32.3. The highest BCUT2D eigenvalue weighted by atomic mass is 32.2. The van der Waals surface area contributed by atoms with Gasteiger partial charge in [0.05, 0.1) is 55.7 Å². The summed E-state index contributed by atoms with van der Waals surface area (Å²) >= 11 is 15.5. The molecule has 3 aliphatic heterocycles. The lowest BCUT2D eigenvalue weighted by molar-refractivity contribution is -0.119. The van der Waals surface area contributed by atoms with Crippen LogP contribution in [-0.4, -0.2) is 264 Å². The molecule has 1 aromatic carbocycles. The molecule has 15 N–H and O–H groups in total. The number of likely N-dealkylation sites (N-methyl/N-ethyl adjacent to an activating group) is 2. The molecule has 756 valence electrons. The molecular formula is C100H141N25O5S10. The third-order valence-corrected chi connectivity index (χ3v) is 37.5. The van der Waals surface area contributed by atoms with Crippen molar-refractivity contribution in [1.82, 2.24) is 101 Å². The van der Waals surface area contributed by atoms with Gasteiger partial charge in [-0.2, -0.15) is 0 Å². The van der Waals surface area contributed by atoms with Crippen LogP contribution in [0, 0.1) is 0 Å². The lowest BCUT2D eigenvalue weighted by atomic mass is 9.83. The van der Waals surface area contributed by atoms with Crippen molar-refractivity contribution >= 4 is 225 Å². The third kappa shape index (κ3) is 29.6. The van der Waals surface area contributed by atoms with E-state index in [1.807, 2.05) is 0 Å². The highest BCUT2D eigenvalue weighted by Crippen LogP contribution is 2.47. The van der Waals surface area contributed by atoms with Crippen LogP contribution in [0.2, 0.25) is 0 Å². The molecule has 40 heteroatoms. The quantitative estimate of drug-likeness (QED) is 0.0100. The van der Waals surface area contributed by atoms with Gasteiger partial charge in [0.15, 0.2) is 25.8 Å². The summed E-state index contributed by atoms with van der Waals surface area (Å²) in [5.41, 5.74) is 39.5. The Kier molecular flexibility index (Phi) is 41.1. The standard InChI is InChI=1S/C24H31N5OS2.C20H29N5OS2.C19H27N5OS2.C19H29N5OS2.C18H25N5OS2/c1-3-29(4-2)13-12-26-20(30)15-31-24-27-22(25)21-18-11-10-17(16-8-6-5-7-9-16)14-19(18)32-23(21)28-24;1-13-6-5-7-14-16(13)17-18(21)23-20(24-19(17)28-14)27-12-15(26)22-8-11-25-9-3-2-4-10-25;20-17-16-13-6-2-3-7-14(13)27-18(16)23-19(22-17)26-12-15(25)21-8-11-24-9-4-1-5-10-24;1-3-24(4-2)11-10-21-15(25)12-26-19-22-17(20)16-13-8-6-5-7-9-14(13)27-18(16)23-19;19-16-15-12-5-4-6-13(12)26-17(15)22-18(21-16)25-11-14(24)20-7-10-23-8-2-1-3-9-23/h5-9,17H,3-4,10-15H2,1-2H3,(H,26,30)(H2,25,27,28);13H,2-12H2,1H3,(H,22,26)(H2,21,23,24);1-12H2,(H,21,25)(H2,20,22,23);3-12H2,1-2H3,(H,21,25)(H2,20,22,23);1-11H2,(H,20,24)(H2,19,21,22). The predicted octanol–water partition coefficient (Wildman–Crippen LogP) is 15.9. The van der Waals surface area contributed by atoms with Crippen molar-refractivity contribution in [2.75, 3.05) is 188 Å². The van der Waals surface area contributed by atoms with E-state index in [4.69, 9.17) is 38.6 Å². The van der Waals surface area contributed by atoms with Crippen LogP contribution in [0.5, 0.6) is 0 Å². The number of hydrogen-bond donors (Lipinski definition) is 10. The Morgan fingerprint density at radius 1 is 0.343 bits per heavy atom. The van der Waals surface area contributed by atoms with E-state index in [-0.39, 0.29) is 29.5 Å². The maximum atomic E-state index is 12.2. The summed E-state index contributed by atoms with van der Waals surface area (Å²) in [6.45, 7) is 29.7. The Bertz CT molecular complexity index is 5970. The van der Waals surface area contributed by atoms with Crippen molar-refractivity contribution in [3.8, 4) is 0 Å². The van der Waals surface area contributed by atoms with Gasteiger partial charge in [0.25, 0.3) is 0 Å². The lowest BCUT2D eigenvalue weighted by Crippen LogP contribution is -2.38. The molecule has 0 radical (unpaired) electrons. The Morgan fingerprint density at radius 2 is 0.643 bits per heavy atom. The number of nitrogens with one attached hydrogen (secondary N) is 5. The van der Waals surface area contributed by atoms with Gasteiger partial charge in [-0.3, -0.25) is 24.0 Å². The molecule has 10 aromatic heterocycles. The van der Waals surface area contributed by atoms with Gasteiger partial charge in [0.2, 0.25) is 29.5 Å². The van der Waals surface area contributed by atoms with Crippen LogP contribution in [0.4, 0.5) is 29.1 Å². The number of aromatic nitrogens is 10. The van der Waals surface area contributed by atoms with Crippen molar-refractivity contribution in [2.45, 2.75) is 246 Å². The van der Waals surface area contributed by atoms with Gasteiger partial charge in [-0.25, -0.2) is 49.8 Å². The number of aryl methyl sites for hydroxylation is 8. The summed E-state index contributed by atoms with van der Waals surface area (Å²) in [6, 6.07) is 10.7. The molecule has 0 spiro atoms. The van der Waals surface area contributed by atoms with E-state index in [1.54, 1.807) is 56.7 Å². The molecule has 11 aromatic rings. The average Bonchev–Trinajstić information content (AvgIpc) is 1.42. The SMILES string of the molecule is CC1CCCc2sc3nc(SCC(=O)NCCN4CCCCC4)nc(N)c3c21.CCN(CC)CCNC(=O)CSc1nc(N)c2c3c(sc2n1)CC(c1ccccc1)CC3.CCN(CC)CCNC(=O)CSc1nc(N)c2c3c(sc2n1)CCCCC3.Nc1nc(SCC(=O)NCCN2CCCCC2)nc2sc3c(c12)CCC3.Nc1nc(SCC(=O)NCCN2CCCCC2)nc2sc3c(c12)CCCC3. The second-order valence-electron chi connectivity index (χ2n) is 37.0. The van der Waals surface area contributed by atoms with Crippen LogP contribution < -0.4 is 55.3 Å². The Morgan fingerprint density at radius 3 is 1.03 bits per heavy atom. The van der Waals surface area contributed by atoms with E-state index < -0.39 is 0 Å². The van der Waals surface area contributed by atoms with Gasteiger partial charge < -0.3 is 79.8 Å². The van der Waals surface area contributed by atoms with Crippen LogP contribution >= 0.6 is 115 Å². The van der Waals surface area contributed by atoms with Crippen LogP contribution in [0.25, 0.3) is 51.1 Å². The first-order valence-electron chi connectivity index (χ1n) is 50.8. The number of nitrogens with zero attached hydrogens (tertiary/aromatic N) is 15. The number of nitrogen functional groups attached to an aromatic ring is 5. The number of hydrogen-bond acceptors (Lipinski definition) is 35. The minimum Gasteiger partial charge on any atom is -0.383 e. The fourth-order valence-corrected chi connectivity index (χ4v) is 30.0. The number of amides is 5. The predicted molar refractivity (Wildman–Crippen MR) is 587 cm³/mol. The number of anilines is 5. The zero-order valence-corrected chi connectivity index (χ0v) is 90.2. The molecule has 0 saturated carbocycles. The van der Waals surface area contributed by atoms with Crippen LogP contribution in [-0.2, 0) is 81.8 Å². The molecule has 3 saturated heterocycles. The zero-order chi connectivity index (χ0) is 97.8. The van der Waals surface area contributed by atoms with Crippen LogP contribution in [0.3, 0.4) is 0 Å². The minimum absolute atomic E-state index is 0.000557. The van der Waals surface area contributed by atoms with Gasteiger partial charge in [-0.1, -0.05) is 149 Å². The van der Waals surface area contributed by atoms with E-state index >= 15 is 0 Å². The van der Waals surface area contributed by atoms with E-state index in [2.05, 4.69) is 156 Å². The molecule has 19 rings (SSSR count). The molecule has 0 bridgehead atoms. The van der Waals surface area contributed by atoms with E-state index in [0.717, 1.165) is 213 Å². The first kappa shape index (κ1) is 107. The second kappa shape index (κ2) is 54.0. The van der Waals surface area contributed by atoms with E-state index in [0.29, 0.717) is 128 Å². The number of likely N-dealkylation sites (tertiary alicyclic amines) is 3. The van der Waals surface area contributed by atoms with Crippen molar-refractivity contribution < 1.29 is 24.0 Å². The molecule has 2 atom stereocenters. The van der Waals surface area contributed by atoms with Gasteiger partial charge in [0, 0.05) is 89.8 Å². The molecule has 30 nitrogen and oxygen atoms in total. The Labute approximate surface area is 865 Å². The fourth-order valence-electron chi connectivity index (χ4n) is 19.8. The number of carbonyl (C=O) groups is 5. The van der Waals surface area contributed by atoms with E-state index in [1.165, 1.54) is 226 Å². The largest absolute Gasteiger partial charge is 0.383 e. The summed E-state index contributed by atoms with van der Waals surface area (Å²) < 4.78 is 0. The van der Waals surface area contributed by atoms with Gasteiger partial charge >= 0.3 is 0 Å². The van der Waals surface area contributed by atoms with Gasteiger partial charge in [-0.15, -0.1) is 56.7 Å². The molecule has 5 aliphatic carbocycles. The van der Waals surface area contributed by atoms with Gasteiger partial charge in [-0.05, 0) is 258 Å². The summed E-state index contributed by atoms with van der Waals surface area (Å²) in [5.74, 6) is 5.54. The number of thiophene rings is 5. The van der Waals surface area contributed by atoms with Crippen LogP contribution in [0.1, 0.15) is 220 Å². The molecule has 13 heterocycles. The van der Waals surface area contributed by atoms with Crippen molar-refractivity contribution in [3.05, 3.63) is 88.1 Å². The average molecular weight is 2090 g/mol. The van der Waals surface area contributed by atoms with Crippen LogP contribution in [0.15, 0.2) is 56.1 Å². The molecule has 3 fully saturated rings. The number of fused-ring (bicyclic) bond motifs is 15. The number of rotatable bonds is 35. The van der Waals surface area contributed by atoms with E-state index in [9.17, 15) is 24.0 Å². The topological polar surface area (TPSA) is 421 Å². The number of thioether (sulfide) groups is 5. The summed E-state index contributed by atoms with van der Waals surface area (Å²) in [5, 5.41) is 23.1. The smallest absolute Gasteiger partial charge is 0.230 e. The Balaban J connectivity index is 0.000000133. The maximum absolute atomic E-state index is 12.2. The number of carbonyl (C=O) groups excluding carboxylic acids is 5. The number of piperidine rings is 3. The highest BCUT2D eigenvalue weighted by molar-refractivity contribution is 8.00. The lowest BCUT2D eigenvalue weighted by Gasteiger charge is -2.26. The highest BCUT2D eigenvalue weighted by Gasteiger charge is 2.31. The first-order valence-corrected chi connectivity index (χ1v) is 59.8. The fraction of sp³-hybridized carbons (Fsp3) is 0.590. The number of nitrogens with two attached hydrogens (primary N) is 5. The zero-order valence-electron chi connectivity index (χ0n) is 82.0. The molecule has 5 amide bonds. The minimum atomic E-state index is 0.000557. The molecule has 140 heavy (non-hydrogen) atoms. The third-order valence-electron chi connectivity index (χ3n) is 27.4. The molecule has 2 unspecified atom stereocenters. The molecule has 8 aliphatic rings. The number of benzene rings is 1. The van der Waals surface area contributed by atoms with Gasteiger partial charge in [0.1, 0.15) is 53.2 Å². The Hall–Kier alpha value is -7.68. The molecular weight excluding hydrogens is 1950 g/mol.